The van der Waals surface area contributed by atoms with E-state index in [0.717, 1.165) is 12.2 Å². The van der Waals surface area contributed by atoms with Gasteiger partial charge in [-0.1, -0.05) is 0 Å². The highest BCUT2D eigenvalue weighted by Gasteiger charge is 2.29. The molecule has 0 aromatic heterocycles. The van der Waals surface area contributed by atoms with E-state index in [2.05, 4.69) is 0 Å². The summed E-state index contributed by atoms with van der Waals surface area (Å²) in [6.07, 6.45) is 8.17. The molecular weight excluding hydrogens is 170 g/mol. The van der Waals surface area contributed by atoms with E-state index in [1.54, 1.807) is 12.8 Å². The van der Waals surface area contributed by atoms with Gasteiger partial charge in [-0.2, -0.15) is 0 Å². The monoisotopic (exact) mass is 180 g/mol. The molecule has 0 aromatic carbocycles. The van der Waals surface area contributed by atoms with Gasteiger partial charge in [0.25, 0.3) is 0 Å². The van der Waals surface area contributed by atoms with Crippen molar-refractivity contribution in [2.24, 2.45) is 5.92 Å². The topological polar surface area (TPSA) is 60.2 Å². The smallest absolute Gasteiger partial charge is 0.207 e. The Bertz CT molecular complexity index is 187. The predicted octanol–water partition coefficient (Wildman–Crippen LogP) is 0.874. The molecule has 69 valence electrons. The van der Waals surface area contributed by atoms with E-state index in [4.69, 9.17) is 0 Å². The third kappa shape index (κ3) is 3.13. The quantitative estimate of drug-likeness (QED) is 0.358. The minimum atomic E-state index is -0.388. The second-order valence-corrected chi connectivity index (χ2v) is 2.83. The van der Waals surface area contributed by atoms with Gasteiger partial charge in [-0.05, 0) is 31.6 Å². The normalized spacial score (nSPS) is 20.0. The van der Waals surface area contributed by atoms with Gasteiger partial charge >= 0.3 is 0 Å². The van der Waals surface area contributed by atoms with Crippen LogP contribution in [-0.4, -0.2) is 17.8 Å². The lowest BCUT2D eigenvalue weighted by atomic mass is 9.89. The Morgan fingerprint density at radius 1 is 1.46 bits per heavy atom. The Labute approximate surface area is 77.5 Å². The molecule has 0 aromatic rings. The fraction of sp³-hybridized carbons (Fsp3) is 0.333. The molecule has 1 atom stereocenters. The second kappa shape index (κ2) is 4.94. The lowest BCUT2D eigenvalue weighted by Crippen LogP contribution is -2.21. The maximum absolute atomic E-state index is 10.3. The molecular formula is C9H10NO3. The standard InChI is InChI=1S/C9H10NO3/c11-6-5-9(7-10(12)13)8-3-1-2-4-8/h1-4,6,9H,5,7H2/t9-/m1/s1. The lowest BCUT2D eigenvalue weighted by molar-refractivity contribution is -0.486. The van der Waals surface area contributed by atoms with Crippen LogP contribution >= 0.6 is 0 Å². The average molecular weight is 180 g/mol. The van der Waals surface area contributed by atoms with Crippen molar-refractivity contribution >= 4 is 6.29 Å². The summed E-state index contributed by atoms with van der Waals surface area (Å²) in [5.74, 6) is 0.589. The molecule has 0 heterocycles. The number of aldehydes is 1. The van der Waals surface area contributed by atoms with Gasteiger partial charge in [-0.15, -0.1) is 0 Å². The van der Waals surface area contributed by atoms with Crippen molar-refractivity contribution in [2.75, 3.05) is 6.54 Å². The molecule has 1 aliphatic carbocycles. The van der Waals surface area contributed by atoms with Crippen molar-refractivity contribution in [2.45, 2.75) is 6.42 Å². The highest BCUT2D eigenvalue weighted by atomic mass is 16.6. The molecule has 0 N–H and O–H groups in total. The van der Waals surface area contributed by atoms with E-state index in [0.29, 0.717) is 0 Å². The Kier molecular flexibility index (Phi) is 3.86. The summed E-state index contributed by atoms with van der Waals surface area (Å²) in [7, 11) is 0. The third-order valence-electron chi connectivity index (χ3n) is 1.91. The fourth-order valence-electron chi connectivity index (χ4n) is 1.27. The van der Waals surface area contributed by atoms with Crippen LogP contribution in [0, 0.1) is 47.6 Å². The Morgan fingerprint density at radius 2 is 2.08 bits per heavy atom. The molecule has 0 unspecified atom stereocenters. The van der Waals surface area contributed by atoms with Crippen LogP contribution in [0.5, 0.6) is 0 Å². The lowest BCUT2D eigenvalue weighted by Gasteiger charge is -2.15. The molecule has 0 bridgehead atoms. The first-order valence-electron chi connectivity index (χ1n) is 4.01. The van der Waals surface area contributed by atoms with Crippen LogP contribution in [0.15, 0.2) is 0 Å². The van der Waals surface area contributed by atoms with E-state index in [1.165, 1.54) is 0 Å². The van der Waals surface area contributed by atoms with Crippen LogP contribution < -0.4 is 0 Å². The van der Waals surface area contributed by atoms with Gasteiger partial charge in [-0.25, -0.2) is 0 Å². The van der Waals surface area contributed by atoms with E-state index < -0.39 is 0 Å². The Balaban J connectivity index is 2.44. The highest BCUT2D eigenvalue weighted by Crippen LogP contribution is 2.31. The van der Waals surface area contributed by atoms with Crippen molar-refractivity contribution in [1.29, 1.82) is 0 Å². The molecule has 0 amide bonds. The number of carbonyl (C=O) groups excluding carboxylic acids is 1. The summed E-state index contributed by atoms with van der Waals surface area (Å²) in [5, 5.41) is 10.3. The van der Waals surface area contributed by atoms with Crippen LogP contribution in [-0.2, 0) is 4.79 Å². The Hall–Kier alpha value is -0.930. The van der Waals surface area contributed by atoms with Crippen LogP contribution in [0.4, 0.5) is 0 Å². The number of carbonyl (C=O) groups is 1. The van der Waals surface area contributed by atoms with Crippen molar-refractivity contribution in [3.8, 4) is 0 Å². The molecule has 1 saturated carbocycles. The third-order valence-corrected chi connectivity index (χ3v) is 1.91. The molecule has 1 aliphatic rings. The van der Waals surface area contributed by atoms with Gasteiger partial charge < -0.3 is 4.79 Å². The fourth-order valence-corrected chi connectivity index (χ4v) is 1.27. The first-order valence-corrected chi connectivity index (χ1v) is 4.01. The van der Waals surface area contributed by atoms with Crippen molar-refractivity contribution in [3.05, 3.63) is 41.7 Å². The van der Waals surface area contributed by atoms with Gasteiger partial charge in [0.05, 0.1) is 0 Å². The summed E-state index contributed by atoms with van der Waals surface area (Å²) < 4.78 is 0. The minimum Gasteiger partial charge on any atom is -0.303 e. The van der Waals surface area contributed by atoms with Crippen molar-refractivity contribution in [1.82, 2.24) is 0 Å². The predicted molar refractivity (Wildman–Crippen MR) is 46.5 cm³/mol. The zero-order valence-corrected chi connectivity index (χ0v) is 7.05. The number of hydrogen-bond donors (Lipinski definition) is 0. The largest absolute Gasteiger partial charge is 0.303 e. The molecule has 0 spiro atoms. The molecule has 4 nitrogen and oxygen atoms in total. The van der Waals surface area contributed by atoms with E-state index in [-0.39, 0.29) is 23.8 Å². The van der Waals surface area contributed by atoms with Crippen LogP contribution in [0.2, 0.25) is 0 Å². The SMILES string of the molecule is O=CC[C@H](C[N+](=O)[O-])[C]1[CH][CH][CH][CH]1. The molecule has 13 heavy (non-hydrogen) atoms. The van der Waals surface area contributed by atoms with E-state index in [9.17, 15) is 14.9 Å². The first-order chi connectivity index (χ1) is 6.24. The van der Waals surface area contributed by atoms with Crippen LogP contribution in [0.3, 0.4) is 0 Å². The van der Waals surface area contributed by atoms with Gasteiger partial charge in [0.1, 0.15) is 6.29 Å². The minimum absolute atomic E-state index is 0.178. The summed E-state index contributed by atoms with van der Waals surface area (Å²) in [6, 6.07) is 0. The zero-order chi connectivity index (χ0) is 9.68. The van der Waals surface area contributed by atoms with Gasteiger partial charge in [0.2, 0.25) is 6.54 Å². The summed E-state index contributed by atoms with van der Waals surface area (Å²) >= 11 is 0. The zero-order valence-electron chi connectivity index (χ0n) is 7.05. The first kappa shape index (κ1) is 10.2. The molecule has 1 rings (SSSR count). The molecule has 5 radical (unpaired) electrons. The number of rotatable bonds is 5. The maximum atomic E-state index is 10.3. The highest BCUT2D eigenvalue weighted by molar-refractivity contribution is 5.52. The molecule has 0 aliphatic heterocycles. The van der Waals surface area contributed by atoms with Gasteiger partial charge in [0, 0.05) is 17.3 Å². The molecule has 4 heteroatoms. The van der Waals surface area contributed by atoms with Crippen LogP contribution in [0.25, 0.3) is 0 Å². The van der Waals surface area contributed by atoms with Crippen molar-refractivity contribution in [3.63, 3.8) is 0 Å². The number of nitro groups is 1. The molecule has 1 fully saturated rings. The van der Waals surface area contributed by atoms with Crippen LogP contribution in [0.1, 0.15) is 6.42 Å². The van der Waals surface area contributed by atoms with Gasteiger partial charge in [0.15, 0.2) is 0 Å². The average Bonchev–Trinajstić information content (AvgIpc) is 2.54. The Morgan fingerprint density at radius 3 is 2.54 bits per heavy atom. The van der Waals surface area contributed by atoms with E-state index in [1.807, 2.05) is 12.8 Å². The number of hydrogen-bond acceptors (Lipinski definition) is 3. The molecule has 0 saturated heterocycles. The van der Waals surface area contributed by atoms with Gasteiger partial charge in [-0.3, -0.25) is 10.1 Å². The maximum Gasteiger partial charge on any atom is 0.207 e. The summed E-state index contributed by atoms with van der Waals surface area (Å²) in [6.45, 7) is -0.178. The second-order valence-electron chi connectivity index (χ2n) is 2.83. The van der Waals surface area contributed by atoms with E-state index >= 15 is 0 Å². The summed E-state index contributed by atoms with van der Waals surface area (Å²) in [5.41, 5.74) is 0. The van der Waals surface area contributed by atoms with Crippen molar-refractivity contribution < 1.29 is 9.72 Å². The number of nitrogens with zero attached hydrogens (tertiary/aromatic N) is 1. The summed E-state index contributed by atoms with van der Waals surface area (Å²) in [4.78, 5) is 20.2.